The molecule has 0 saturated heterocycles. The highest BCUT2D eigenvalue weighted by atomic mass is 14.1. The highest BCUT2D eigenvalue weighted by Gasteiger charge is 2.05. The fourth-order valence-electron chi connectivity index (χ4n) is 3.21. The van der Waals surface area contributed by atoms with Gasteiger partial charge < -0.3 is 0 Å². The van der Waals surface area contributed by atoms with Gasteiger partial charge in [-0.1, -0.05) is 109 Å². The Hall–Kier alpha value is -0.780. The fraction of sp³-hybridized carbons (Fsp3) is 0.682. The molecule has 1 rings (SSSR count). The summed E-state index contributed by atoms with van der Waals surface area (Å²) in [5.74, 6) is 1.44. The van der Waals surface area contributed by atoms with Gasteiger partial charge in [-0.2, -0.15) is 0 Å². The summed E-state index contributed by atoms with van der Waals surface area (Å²) in [4.78, 5) is 0. The van der Waals surface area contributed by atoms with Crippen LogP contribution < -0.4 is 0 Å². The second kappa shape index (κ2) is 12.7. The summed E-state index contributed by atoms with van der Waals surface area (Å²) >= 11 is 0. The average Bonchev–Trinajstić information content (AvgIpc) is 2.53. The molecule has 0 heteroatoms. The van der Waals surface area contributed by atoms with Gasteiger partial charge in [0.1, 0.15) is 0 Å². The maximum Gasteiger partial charge on any atom is -0.000922 e. The third kappa shape index (κ3) is 8.61. The number of benzene rings is 1. The largest absolute Gasteiger partial charge is 0.0654 e. The van der Waals surface area contributed by atoms with Gasteiger partial charge in [0, 0.05) is 0 Å². The van der Waals surface area contributed by atoms with Crippen LogP contribution in [0.5, 0.6) is 0 Å². The van der Waals surface area contributed by atoms with Crippen molar-refractivity contribution in [3.05, 3.63) is 41.3 Å². The molecule has 0 heterocycles. The summed E-state index contributed by atoms with van der Waals surface area (Å²) in [6.07, 6.45) is 16.9. The normalized spacial score (nSPS) is 11.3. The molecule has 22 heavy (non-hydrogen) atoms. The topological polar surface area (TPSA) is 0 Å². The molecule has 1 aromatic carbocycles. The van der Waals surface area contributed by atoms with Gasteiger partial charge in [0.05, 0.1) is 0 Å². The smallest absolute Gasteiger partial charge is 0.000922 e. The second-order valence-corrected chi connectivity index (χ2v) is 6.94. The first-order chi connectivity index (χ1) is 10.8. The van der Waals surface area contributed by atoms with Crippen LogP contribution in [0.15, 0.2) is 24.3 Å². The van der Waals surface area contributed by atoms with Crippen molar-refractivity contribution in [2.75, 3.05) is 0 Å². The van der Waals surface area contributed by atoms with Crippen LogP contribution in [0.1, 0.15) is 103 Å². The summed E-state index contributed by atoms with van der Waals surface area (Å²) in [6, 6.07) is 8.91. The third-order valence-electron chi connectivity index (χ3n) is 4.61. The van der Waals surface area contributed by atoms with Gasteiger partial charge in [0.15, 0.2) is 0 Å². The first-order valence-electron chi connectivity index (χ1n) is 9.64. The quantitative estimate of drug-likeness (QED) is 0.331. The van der Waals surface area contributed by atoms with E-state index in [1.54, 1.807) is 5.56 Å². The monoisotopic (exact) mass is 301 g/mol. The Morgan fingerprint density at radius 3 is 1.73 bits per heavy atom. The molecular weight excluding hydrogens is 264 g/mol. The SMILES string of the molecule is CCCCCCCCCCCCCc1ccccc1[C](C)C. The van der Waals surface area contributed by atoms with Crippen molar-refractivity contribution in [1.82, 2.24) is 0 Å². The van der Waals surface area contributed by atoms with E-state index < -0.39 is 0 Å². The van der Waals surface area contributed by atoms with Gasteiger partial charge in [0.2, 0.25) is 0 Å². The molecule has 0 aliphatic rings. The first-order valence-corrected chi connectivity index (χ1v) is 9.64. The van der Waals surface area contributed by atoms with Crippen molar-refractivity contribution in [2.45, 2.75) is 97.8 Å². The molecule has 0 N–H and O–H groups in total. The second-order valence-electron chi connectivity index (χ2n) is 6.94. The lowest BCUT2D eigenvalue weighted by molar-refractivity contribution is 0.549. The van der Waals surface area contributed by atoms with Crippen LogP contribution in [-0.2, 0) is 6.42 Å². The Labute approximate surface area is 139 Å². The maximum atomic E-state index is 2.30. The number of hydrogen-bond donors (Lipinski definition) is 0. The van der Waals surface area contributed by atoms with E-state index in [0.29, 0.717) is 0 Å². The van der Waals surface area contributed by atoms with Gasteiger partial charge in [-0.25, -0.2) is 0 Å². The number of unbranched alkanes of at least 4 members (excludes halogenated alkanes) is 10. The lowest BCUT2D eigenvalue weighted by Gasteiger charge is -2.11. The zero-order valence-corrected chi connectivity index (χ0v) is 15.3. The average molecular weight is 302 g/mol. The minimum atomic E-state index is 1.25. The highest BCUT2D eigenvalue weighted by Crippen LogP contribution is 2.20. The molecule has 0 nitrogen and oxygen atoms in total. The van der Waals surface area contributed by atoms with Crippen molar-refractivity contribution < 1.29 is 0 Å². The molecule has 0 fully saturated rings. The van der Waals surface area contributed by atoms with Crippen LogP contribution in [0.4, 0.5) is 0 Å². The highest BCUT2D eigenvalue weighted by molar-refractivity contribution is 5.36. The standard InChI is InChI=1S/C22H37/c1-4-5-6-7-8-9-10-11-12-13-14-17-21-18-15-16-19-22(21)20(2)3/h15-16,18-19H,4-14,17H2,1-3H3. The van der Waals surface area contributed by atoms with Crippen LogP contribution in [0.3, 0.4) is 0 Å². The van der Waals surface area contributed by atoms with Crippen LogP contribution in [0.25, 0.3) is 0 Å². The molecule has 0 aromatic heterocycles. The number of aryl methyl sites for hydroxylation is 1. The summed E-state index contributed by atoms with van der Waals surface area (Å²) in [6.45, 7) is 6.73. The molecule has 125 valence electrons. The lowest BCUT2D eigenvalue weighted by atomic mass is 9.93. The van der Waals surface area contributed by atoms with Crippen LogP contribution >= 0.6 is 0 Å². The predicted molar refractivity (Wildman–Crippen MR) is 100 cm³/mol. The first kappa shape index (κ1) is 19.3. The van der Waals surface area contributed by atoms with Crippen molar-refractivity contribution in [2.24, 2.45) is 0 Å². The van der Waals surface area contributed by atoms with Crippen molar-refractivity contribution in [1.29, 1.82) is 0 Å². The van der Waals surface area contributed by atoms with E-state index in [1.807, 2.05) is 0 Å². The molecule has 0 atom stereocenters. The van der Waals surface area contributed by atoms with Gasteiger partial charge in [-0.3, -0.25) is 0 Å². The molecule has 0 aliphatic carbocycles. The minimum absolute atomic E-state index is 1.25. The van der Waals surface area contributed by atoms with Crippen molar-refractivity contribution in [3.63, 3.8) is 0 Å². The minimum Gasteiger partial charge on any atom is -0.0654 e. The van der Waals surface area contributed by atoms with Gasteiger partial charge in [-0.05, 0) is 29.9 Å². The van der Waals surface area contributed by atoms with E-state index in [0.717, 1.165) is 0 Å². The molecule has 0 spiro atoms. The molecule has 0 aliphatic heterocycles. The van der Waals surface area contributed by atoms with E-state index >= 15 is 0 Å². The van der Waals surface area contributed by atoms with Gasteiger partial charge in [-0.15, -0.1) is 0 Å². The Balaban J connectivity index is 2.00. The lowest BCUT2D eigenvalue weighted by Crippen LogP contribution is -1.97. The molecule has 0 amide bonds. The molecule has 1 aromatic rings. The van der Waals surface area contributed by atoms with Crippen molar-refractivity contribution >= 4 is 0 Å². The maximum absolute atomic E-state index is 2.30. The molecule has 1 radical (unpaired) electrons. The summed E-state index contributed by atoms with van der Waals surface area (Å²) in [5.41, 5.74) is 3.01. The summed E-state index contributed by atoms with van der Waals surface area (Å²) in [5, 5.41) is 0. The Morgan fingerprint density at radius 1 is 0.682 bits per heavy atom. The third-order valence-corrected chi connectivity index (χ3v) is 4.61. The number of rotatable bonds is 13. The Morgan fingerprint density at radius 2 is 1.18 bits per heavy atom. The molecule has 0 unspecified atom stereocenters. The Bertz CT molecular complexity index is 364. The van der Waals surface area contributed by atoms with Crippen molar-refractivity contribution in [3.8, 4) is 0 Å². The fourth-order valence-corrected chi connectivity index (χ4v) is 3.21. The summed E-state index contributed by atoms with van der Waals surface area (Å²) < 4.78 is 0. The van der Waals surface area contributed by atoms with Crippen LogP contribution in [0.2, 0.25) is 0 Å². The predicted octanol–water partition coefficient (Wildman–Crippen LogP) is 7.50. The molecule has 0 saturated carbocycles. The van der Waals surface area contributed by atoms with E-state index in [2.05, 4.69) is 45.0 Å². The molecule has 0 bridgehead atoms. The van der Waals surface area contributed by atoms with E-state index in [-0.39, 0.29) is 0 Å². The zero-order valence-electron chi connectivity index (χ0n) is 15.3. The van der Waals surface area contributed by atoms with E-state index in [9.17, 15) is 0 Å². The van der Waals surface area contributed by atoms with Crippen LogP contribution in [0, 0.1) is 5.92 Å². The number of hydrogen-bond acceptors (Lipinski definition) is 0. The van der Waals surface area contributed by atoms with E-state index in [1.165, 1.54) is 88.5 Å². The zero-order chi connectivity index (χ0) is 16.0. The summed E-state index contributed by atoms with van der Waals surface area (Å²) in [7, 11) is 0. The Kier molecular flexibility index (Phi) is 11.2. The van der Waals surface area contributed by atoms with E-state index in [4.69, 9.17) is 0 Å². The van der Waals surface area contributed by atoms with Gasteiger partial charge >= 0.3 is 0 Å². The van der Waals surface area contributed by atoms with Gasteiger partial charge in [0.25, 0.3) is 0 Å². The van der Waals surface area contributed by atoms with Crippen LogP contribution in [-0.4, -0.2) is 0 Å². The molecular formula is C22H37.